The summed E-state index contributed by atoms with van der Waals surface area (Å²) >= 11 is 0. The van der Waals surface area contributed by atoms with Gasteiger partial charge in [-0.1, -0.05) is 30.3 Å². The number of pyridine rings is 1. The molecule has 0 radical (unpaired) electrons. The first-order valence-corrected chi connectivity index (χ1v) is 7.29. The molecule has 0 N–H and O–H groups in total. The third kappa shape index (κ3) is 2.47. The summed E-state index contributed by atoms with van der Waals surface area (Å²) in [6, 6.07) is 17.4. The average Bonchev–Trinajstić information content (AvgIpc) is 2.60. The molecule has 1 aromatic heterocycles. The molecule has 1 heterocycles. The number of hydrogen-bond acceptors (Lipinski definition) is 3. The Morgan fingerprint density at radius 3 is 2.52 bits per heavy atom. The fourth-order valence-electron chi connectivity index (χ4n) is 2.88. The van der Waals surface area contributed by atoms with Gasteiger partial charge in [0.15, 0.2) is 0 Å². The van der Waals surface area contributed by atoms with Crippen LogP contribution in [0, 0.1) is 11.3 Å². The molecule has 23 heavy (non-hydrogen) atoms. The van der Waals surface area contributed by atoms with Gasteiger partial charge in [0.25, 0.3) is 5.56 Å². The van der Waals surface area contributed by atoms with Crippen molar-refractivity contribution in [3.05, 3.63) is 64.6 Å². The Labute approximate surface area is 134 Å². The molecule has 2 aromatic carbocycles. The number of rotatable bonds is 3. The maximum Gasteiger partial charge on any atom is 0.258 e. The van der Waals surface area contributed by atoms with Crippen molar-refractivity contribution in [1.29, 1.82) is 5.26 Å². The maximum absolute atomic E-state index is 12.6. The smallest absolute Gasteiger partial charge is 0.258 e. The lowest BCUT2D eigenvalue weighted by Crippen LogP contribution is -2.21. The van der Waals surface area contributed by atoms with Gasteiger partial charge < -0.3 is 9.30 Å². The lowest BCUT2D eigenvalue weighted by atomic mass is 9.95. The second-order valence-electron chi connectivity index (χ2n) is 5.30. The summed E-state index contributed by atoms with van der Waals surface area (Å²) in [5.41, 5.74) is 2.49. The van der Waals surface area contributed by atoms with Gasteiger partial charge in [0, 0.05) is 29.1 Å². The molecule has 4 nitrogen and oxygen atoms in total. The largest absolute Gasteiger partial charge is 0.497 e. The number of fused-ring (bicyclic) bond motifs is 1. The highest BCUT2D eigenvalue weighted by Crippen LogP contribution is 2.32. The first kappa shape index (κ1) is 14.9. The molecule has 3 rings (SSSR count). The molecule has 4 heteroatoms. The summed E-state index contributed by atoms with van der Waals surface area (Å²) in [5.74, 6) is 0.686. The Bertz CT molecular complexity index is 967. The van der Waals surface area contributed by atoms with Crippen molar-refractivity contribution >= 4 is 10.8 Å². The van der Waals surface area contributed by atoms with Gasteiger partial charge in [-0.05, 0) is 23.8 Å². The van der Waals surface area contributed by atoms with Crippen molar-refractivity contribution < 1.29 is 4.74 Å². The van der Waals surface area contributed by atoms with Gasteiger partial charge in [-0.2, -0.15) is 5.26 Å². The molecule has 0 fully saturated rings. The minimum absolute atomic E-state index is 0.104. The van der Waals surface area contributed by atoms with Crippen LogP contribution in [-0.2, 0) is 13.5 Å². The van der Waals surface area contributed by atoms with Crippen LogP contribution in [0.4, 0.5) is 0 Å². The fourth-order valence-corrected chi connectivity index (χ4v) is 2.88. The minimum atomic E-state index is -0.104. The fraction of sp³-hybridized carbons (Fsp3) is 0.158. The molecule has 0 aliphatic heterocycles. The van der Waals surface area contributed by atoms with E-state index in [0.29, 0.717) is 16.8 Å². The molecule has 114 valence electrons. The number of aromatic nitrogens is 1. The standard InChI is InChI=1S/C19H16N2O2/c1-21-17(10-11-20)18(13-6-4-3-5-7-13)16-12-14(23-2)8-9-15(16)19(21)22/h3-9,12H,10H2,1-2H3. The minimum Gasteiger partial charge on any atom is -0.497 e. The van der Waals surface area contributed by atoms with Crippen molar-refractivity contribution in [3.63, 3.8) is 0 Å². The van der Waals surface area contributed by atoms with E-state index in [1.807, 2.05) is 36.4 Å². The van der Waals surface area contributed by atoms with E-state index in [-0.39, 0.29) is 12.0 Å². The van der Waals surface area contributed by atoms with Gasteiger partial charge >= 0.3 is 0 Å². The van der Waals surface area contributed by atoms with E-state index < -0.39 is 0 Å². The second-order valence-corrected chi connectivity index (χ2v) is 5.30. The Kier molecular flexibility index (Phi) is 3.86. The van der Waals surface area contributed by atoms with Crippen LogP contribution in [0.1, 0.15) is 5.69 Å². The summed E-state index contributed by atoms with van der Waals surface area (Å²) in [7, 11) is 3.31. The molecule has 0 atom stereocenters. The zero-order valence-electron chi connectivity index (χ0n) is 13.0. The lowest BCUT2D eigenvalue weighted by Gasteiger charge is -2.16. The van der Waals surface area contributed by atoms with Gasteiger partial charge in [0.2, 0.25) is 0 Å². The molecule has 0 aliphatic rings. The van der Waals surface area contributed by atoms with Crippen molar-refractivity contribution in [1.82, 2.24) is 4.57 Å². The quantitative estimate of drug-likeness (QED) is 0.746. The zero-order valence-corrected chi connectivity index (χ0v) is 13.0. The normalized spacial score (nSPS) is 10.5. The van der Waals surface area contributed by atoms with Gasteiger partial charge in [0.05, 0.1) is 19.6 Å². The molecule has 3 aromatic rings. The van der Waals surface area contributed by atoms with E-state index in [1.54, 1.807) is 30.9 Å². The Morgan fingerprint density at radius 1 is 1.13 bits per heavy atom. The molecular formula is C19H16N2O2. The predicted molar refractivity (Wildman–Crippen MR) is 90.5 cm³/mol. The number of benzene rings is 2. The van der Waals surface area contributed by atoms with Gasteiger partial charge in [-0.25, -0.2) is 0 Å². The van der Waals surface area contributed by atoms with Gasteiger partial charge in [-0.15, -0.1) is 0 Å². The Balaban J connectivity index is 2.51. The van der Waals surface area contributed by atoms with Crippen LogP contribution in [0.15, 0.2) is 53.3 Å². The van der Waals surface area contributed by atoms with Crippen LogP contribution >= 0.6 is 0 Å². The number of methoxy groups -OCH3 is 1. The number of nitriles is 1. The molecule has 0 aliphatic carbocycles. The molecule has 0 amide bonds. The summed E-state index contributed by atoms with van der Waals surface area (Å²) in [6.45, 7) is 0. The van der Waals surface area contributed by atoms with Gasteiger partial charge in [0.1, 0.15) is 5.75 Å². The summed E-state index contributed by atoms with van der Waals surface area (Å²) < 4.78 is 6.88. The van der Waals surface area contributed by atoms with Crippen molar-refractivity contribution in [2.24, 2.45) is 7.05 Å². The third-order valence-electron chi connectivity index (χ3n) is 4.03. The molecule has 0 saturated carbocycles. The highest BCUT2D eigenvalue weighted by Gasteiger charge is 2.16. The molecule has 0 saturated heterocycles. The summed E-state index contributed by atoms with van der Waals surface area (Å²) in [5, 5.41) is 10.6. The van der Waals surface area contributed by atoms with E-state index in [0.717, 1.165) is 16.5 Å². The van der Waals surface area contributed by atoms with Crippen LogP contribution in [0.5, 0.6) is 5.75 Å². The van der Waals surface area contributed by atoms with E-state index in [9.17, 15) is 10.1 Å². The first-order chi connectivity index (χ1) is 11.2. The third-order valence-corrected chi connectivity index (χ3v) is 4.03. The maximum atomic E-state index is 12.6. The van der Waals surface area contributed by atoms with Crippen LogP contribution in [0.3, 0.4) is 0 Å². The van der Waals surface area contributed by atoms with Crippen molar-refractivity contribution in [2.75, 3.05) is 7.11 Å². The average molecular weight is 304 g/mol. The van der Waals surface area contributed by atoms with Crippen molar-refractivity contribution in [3.8, 4) is 22.9 Å². The Hall–Kier alpha value is -3.06. The monoisotopic (exact) mass is 304 g/mol. The molecule has 0 unspecified atom stereocenters. The number of nitrogens with zero attached hydrogens (tertiary/aromatic N) is 2. The lowest BCUT2D eigenvalue weighted by molar-refractivity contribution is 0.415. The topological polar surface area (TPSA) is 55.0 Å². The summed E-state index contributed by atoms with van der Waals surface area (Å²) in [4.78, 5) is 12.6. The van der Waals surface area contributed by atoms with Crippen LogP contribution < -0.4 is 10.3 Å². The first-order valence-electron chi connectivity index (χ1n) is 7.29. The van der Waals surface area contributed by atoms with Crippen molar-refractivity contribution in [2.45, 2.75) is 6.42 Å². The molecule has 0 bridgehead atoms. The number of ether oxygens (including phenoxy) is 1. The van der Waals surface area contributed by atoms with Crippen LogP contribution in [0.2, 0.25) is 0 Å². The highest BCUT2D eigenvalue weighted by atomic mass is 16.5. The zero-order chi connectivity index (χ0) is 16.4. The highest BCUT2D eigenvalue weighted by molar-refractivity contribution is 5.98. The van der Waals surface area contributed by atoms with E-state index >= 15 is 0 Å². The van der Waals surface area contributed by atoms with Crippen LogP contribution in [-0.4, -0.2) is 11.7 Å². The van der Waals surface area contributed by atoms with Gasteiger partial charge in [-0.3, -0.25) is 4.79 Å². The molecular weight excluding hydrogens is 288 g/mol. The predicted octanol–water partition coefficient (Wildman–Crippen LogP) is 3.28. The van der Waals surface area contributed by atoms with Crippen LogP contribution in [0.25, 0.3) is 21.9 Å². The van der Waals surface area contributed by atoms with E-state index in [2.05, 4.69) is 6.07 Å². The number of hydrogen-bond donors (Lipinski definition) is 0. The SMILES string of the molecule is COc1ccc2c(=O)n(C)c(CC#N)c(-c3ccccc3)c2c1. The van der Waals surface area contributed by atoms with E-state index in [4.69, 9.17) is 4.74 Å². The second kappa shape index (κ2) is 5.98. The molecule has 0 spiro atoms. The Morgan fingerprint density at radius 2 is 1.87 bits per heavy atom. The summed E-state index contributed by atoms with van der Waals surface area (Å²) in [6.07, 6.45) is 0.170. The van der Waals surface area contributed by atoms with E-state index in [1.165, 1.54) is 0 Å².